The predicted octanol–water partition coefficient (Wildman–Crippen LogP) is 4.25. The smallest absolute Gasteiger partial charge is 0.323 e. The number of carbonyl (C=O) groups is 3. The Morgan fingerprint density at radius 1 is 1.12 bits per heavy atom. The molecule has 0 fully saturated rings. The Morgan fingerprint density at radius 3 is 2.50 bits per heavy atom. The molecule has 12 nitrogen and oxygen atoms in total. The summed E-state index contributed by atoms with van der Waals surface area (Å²) in [5, 5.41) is 22.2. The number of carbonyl (C=O) groups excluding carboxylic acids is 3. The van der Waals surface area contributed by atoms with Crippen LogP contribution in [0.15, 0.2) is 53.1 Å². The van der Waals surface area contributed by atoms with Gasteiger partial charge in [-0.05, 0) is 51.1 Å². The van der Waals surface area contributed by atoms with Gasteiger partial charge in [0.05, 0.1) is 25.6 Å². The van der Waals surface area contributed by atoms with Crippen molar-refractivity contribution >= 4 is 35.0 Å². The summed E-state index contributed by atoms with van der Waals surface area (Å²) < 4.78 is 11.6. The third-order valence-corrected chi connectivity index (χ3v) is 7.27. The number of amides is 5. The van der Waals surface area contributed by atoms with Gasteiger partial charge in [0.2, 0.25) is 5.91 Å². The number of likely N-dealkylation sites (N-methyl/N-ethyl adjacent to an activating group) is 1. The summed E-state index contributed by atoms with van der Waals surface area (Å²) >= 11 is 0. The molecular weight excluding hydrogens is 540 g/mol. The first-order chi connectivity index (χ1) is 20.0. The number of hydrogen-bond acceptors (Lipinski definition) is 7. The second kappa shape index (κ2) is 13.4. The number of benzene rings is 2. The van der Waals surface area contributed by atoms with Gasteiger partial charge in [-0.2, -0.15) is 0 Å². The maximum Gasteiger partial charge on any atom is 0.323 e. The zero-order chi connectivity index (χ0) is 30.4. The fourth-order valence-electron chi connectivity index (χ4n) is 4.76. The number of aryl methyl sites for hydroxylation is 2. The standard InChI is InChI=1S/C30H38N6O6/c1-18-15-36(19(2)17-37)27(38)14-22-13-24(32-29(39)31-23-9-7-6-8-10-23)11-12-25(22)41-26(18)16-35(5)30(40)33-28-20(3)34-42-21(28)4/h6-13,18-19,26,37H,14-17H2,1-5H3,(H,33,40)(H2,31,32,39)/t18-,19-,26-/m0/s1. The van der Waals surface area contributed by atoms with Crippen LogP contribution in [0.3, 0.4) is 0 Å². The highest BCUT2D eigenvalue weighted by molar-refractivity contribution is 6.00. The first-order valence-corrected chi connectivity index (χ1v) is 13.8. The summed E-state index contributed by atoms with van der Waals surface area (Å²) in [6, 6.07) is 13.0. The van der Waals surface area contributed by atoms with Gasteiger partial charge in [0.15, 0.2) is 5.76 Å². The van der Waals surface area contributed by atoms with Gasteiger partial charge in [0.1, 0.15) is 23.2 Å². The number of nitrogens with one attached hydrogen (secondary N) is 3. The van der Waals surface area contributed by atoms with Crippen LogP contribution in [0.4, 0.5) is 26.7 Å². The van der Waals surface area contributed by atoms with Gasteiger partial charge in [-0.3, -0.25) is 4.79 Å². The second-order valence-corrected chi connectivity index (χ2v) is 10.7. The number of aliphatic hydroxyl groups excluding tert-OH is 1. The highest BCUT2D eigenvalue weighted by Crippen LogP contribution is 2.29. The minimum absolute atomic E-state index is 0.0112. The van der Waals surface area contributed by atoms with E-state index in [1.165, 1.54) is 4.90 Å². The van der Waals surface area contributed by atoms with E-state index in [1.807, 2.05) is 25.1 Å². The largest absolute Gasteiger partial charge is 0.488 e. The number of rotatable bonds is 7. The van der Waals surface area contributed by atoms with Crippen molar-refractivity contribution in [3.63, 3.8) is 0 Å². The third-order valence-electron chi connectivity index (χ3n) is 7.27. The zero-order valence-corrected chi connectivity index (χ0v) is 24.5. The highest BCUT2D eigenvalue weighted by Gasteiger charge is 2.32. The number of aliphatic hydroxyl groups is 1. The van der Waals surface area contributed by atoms with E-state index in [0.717, 1.165) is 0 Å². The van der Waals surface area contributed by atoms with Crippen LogP contribution in [-0.2, 0) is 11.2 Å². The normalized spacial score (nSPS) is 17.6. The maximum atomic E-state index is 13.5. The Balaban J connectivity index is 1.56. The number of ether oxygens (including phenoxy) is 1. The Bertz CT molecular complexity index is 1390. The molecule has 5 amide bonds. The summed E-state index contributed by atoms with van der Waals surface area (Å²) in [5.74, 6) is 0.610. The number of nitrogens with zero attached hydrogens (tertiary/aromatic N) is 3. The summed E-state index contributed by atoms with van der Waals surface area (Å²) in [4.78, 5) is 42.3. The average molecular weight is 579 g/mol. The molecule has 1 aliphatic heterocycles. The molecule has 2 heterocycles. The molecule has 0 radical (unpaired) electrons. The van der Waals surface area contributed by atoms with E-state index in [2.05, 4.69) is 21.1 Å². The van der Waals surface area contributed by atoms with E-state index >= 15 is 0 Å². The lowest BCUT2D eigenvalue weighted by Gasteiger charge is -2.34. The molecule has 1 aromatic heterocycles. The van der Waals surface area contributed by atoms with Crippen molar-refractivity contribution in [3.8, 4) is 5.75 Å². The minimum Gasteiger partial charge on any atom is -0.488 e. The highest BCUT2D eigenvalue weighted by atomic mass is 16.5. The number of para-hydroxylation sites is 1. The molecule has 0 bridgehead atoms. The first kappa shape index (κ1) is 30.4. The van der Waals surface area contributed by atoms with Crippen LogP contribution in [0, 0.1) is 19.8 Å². The van der Waals surface area contributed by atoms with Gasteiger partial charge in [-0.25, -0.2) is 9.59 Å². The van der Waals surface area contributed by atoms with Crippen molar-refractivity contribution in [1.29, 1.82) is 0 Å². The van der Waals surface area contributed by atoms with Gasteiger partial charge in [0.25, 0.3) is 0 Å². The van der Waals surface area contributed by atoms with Gasteiger partial charge < -0.3 is 40.1 Å². The monoisotopic (exact) mass is 578 g/mol. The van der Waals surface area contributed by atoms with Crippen molar-refractivity contribution in [1.82, 2.24) is 15.0 Å². The molecule has 2 aromatic carbocycles. The van der Waals surface area contributed by atoms with E-state index in [0.29, 0.717) is 46.4 Å². The number of anilines is 3. The fraction of sp³-hybridized carbons (Fsp3) is 0.400. The van der Waals surface area contributed by atoms with E-state index in [4.69, 9.17) is 9.26 Å². The van der Waals surface area contributed by atoms with Crippen molar-refractivity contribution in [3.05, 3.63) is 65.5 Å². The predicted molar refractivity (Wildman–Crippen MR) is 159 cm³/mol. The molecule has 224 valence electrons. The van der Waals surface area contributed by atoms with Gasteiger partial charge in [-0.1, -0.05) is 30.3 Å². The topological polar surface area (TPSA) is 149 Å². The summed E-state index contributed by atoms with van der Waals surface area (Å²) in [5.41, 5.74) is 2.80. The van der Waals surface area contributed by atoms with Crippen LogP contribution in [0.1, 0.15) is 30.9 Å². The van der Waals surface area contributed by atoms with Crippen LogP contribution >= 0.6 is 0 Å². The molecule has 0 unspecified atom stereocenters. The van der Waals surface area contributed by atoms with Gasteiger partial charge in [0, 0.05) is 36.4 Å². The Morgan fingerprint density at radius 2 is 1.83 bits per heavy atom. The molecular formula is C30H38N6O6. The molecule has 42 heavy (non-hydrogen) atoms. The number of fused-ring (bicyclic) bond motifs is 1. The lowest BCUT2D eigenvalue weighted by Crippen LogP contribution is -2.48. The van der Waals surface area contributed by atoms with Crippen LogP contribution in [0.5, 0.6) is 5.75 Å². The zero-order valence-electron chi connectivity index (χ0n) is 24.5. The number of hydrogen-bond donors (Lipinski definition) is 4. The average Bonchev–Trinajstić information content (AvgIpc) is 3.29. The van der Waals surface area contributed by atoms with Crippen LogP contribution < -0.4 is 20.7 Å². The van der Waals surface area contributed by atoms with E-state index < -0.39 is 18.2 Å². The summed E-state index contributed by atoms with van der Waals surface area (Å²) in [7, 11) is 1.66. The molecule has 12 heteroatoms. The molecule has 0 saturated carbocycles. The molecule has 3 atom stereocenters. The molecule has 0 spiro atoms. The first-order valence-electron chi connectivity index (χ1n) is 13.8. The maximum absolute atomic E-state index is 13.5. The van der Waals surface area contributed by atoms with Gasteiger partial charge >= 0.3 is 12.1 Å². The fourth-order valence-corrected chi connectivity index (χ4v) is 4.76. The summed E-state index contributed by atoms with van der Waals surface area (Å²) in [6.45, 7) is 7.54. The molecule has 1 aliphatic rings. The van der Waals surface area contributed by atoms with Crippen molar-refractivity contribution < 1.29 is 28.8 Å². The van der Waals surface area contributed by atoms with E-state index in [-0.39, 0.29) is 37.4 Å². The Labute approximate surface area is 245 Å². The number of aromatic nitrogens is 1. The quantitative estimate of drug-likeness (QED) is 0.327. The Kier molecular flexibility index (Phi) is 9.68. The van der Waals surface area contributed by atoms with E-state index in [9.17, 15) is 19.5 Å². The van der Waals surface area contributed by atoms with Crippen molar-refractivity contribution in [2.75, 3.05) is 42.7 Å². The number of urea groups is 2. The SMILES string of the molecule is Cc1noc(C)c1NC(=O)N(C)C[C@@H]1Oc2ccc(NC(=O)Nc3ccccc3)cc2CC(=O)N([C@@H](C)CO)C[C@@H]1C. The molecule has 4 N–H and O–H groups in total. The molecule has 0 aliphatic carbocycles. The molecule has 0 saturated heterocycles. The van der Waals surface area contributed by atoms with Crippen molar-refractivity contribution in [2.24, 2.45) is 5.92 Å². The van der Waals surface area contributed by atoms with Crippen molar-refractivity contribution in [2.45, 2.75) is 46.3 Å². The summed E-state index contributed by atoms with van der Waals surface area (Å²) in [6.07, 6.45) is -0.485. The molecule has 3 aromatic rings. The minimum atomic E-state index is -0.497. The van der Waals surface area contributed by atoms with Crippen LogP contribution in [0.25, 0.3) is 0 Å². The molecule has 4 rings (SSSR count). The third kappa shape index (κ3) is 7.38. The van der Waals surface area contributed by atoms with Crippen LogP contribution in [-0.4, -0.2) is 76.9 Å². The van der Waals surface area contributed by atoms with Crippen LogP contribution in [0.2, 0.25) is 0 Å². The van der Waals surface area contributed by atoms with Gasteiger partial charge in [-0.15, -0.1) is 0 Å². The lowest BCUT2D eigenvalue weighted by atomic mass is 10.0. The Hall–Kier alpha value is -4.58. The second-order valence-electron chi connectivity index (χ2n) is 10.7. The van der Waals surface area contributed by atoms with E-state index in [1.54, 1.807) is 63.1 Å². The lowest BCUT2D eigenvalue weighted by molar-refractivity contribution is -0.134.